The lowest BCUT2D eigenvalue weighted by molar-refractivity contribution is -0.136. The van der Waals surface area contributed by atoms with Crippen LogP contribution in [0.1, 0.15) is 69.7 Å². The quantitative estimate of drug-likeness (QED) is 0.0283. The molecule has 8 N–H and O–H groups in total. The summed E-state index contributed by atoms with van der Waals surface area (Å²) in [6, 6.07) is 38.6. The van der Waals surface area contributed by atoms with Crippen molar-refractivity contribution in [3.63, 3.8) is 0 Å². The van der Waals surface area contributed by atoms with E-state index in [9.17, 15) is 24.9 Å². The van der Waals surface area contributed by atoms with Gasteiger partial charge in [0.2, 0.25) is 11.8 Å². The molecule has 0 spiro atoms. The molecule has 0 bridgehead atoms. The van der Waals surface area contributed by atoms with Gasteiger partial charge in [0.25, 0.3) is 0 Å². The number of ether oxygens (including phenoxy) is 1. The third-order valence-corrected chi connectivity index (χ3v) is 14.9. The van der Waals surface area contributed by atoms with Gasteiger partial charge in [-0.05, 0) is 56.4 Å². The molecule has 4 rings (SSSR count). The molecule has 0 aliphatic rings. The summed E-state index contributed by atoms with van der Waals surface area (Å²) in [7, 11) is 1.52. The van der Waals surface area contributed by atoms with E-state index in [-0.39, 0.29) is 12.4 Å². The Labute approximate surface area is 388 Å². The number of hydrogen-bond donors (Lipinski definition) is 8. The fraction of sp³-hybridized carbons (Fsp3) is 0.469. The van der Waals surface area contributed by atoms with Gasteiger partial charge in [0, 0.05) is 41.6 Å². The summed E-state index contributed by atoms with van der Waals surface area (Å²) in [6.07, 6.45) is -3.03. The predicted octanol–water partition coefficient (Wildman–Crippen LogP) is 6.42. The topological polar surface area (TPSA) is 164 Å². The van der Waals surface area contributed by atoms with Gasteiger partial charge in [0.1, 0.15) is 30.3 Å². The van der Waals surface area contributed by atoms with Gasteiger partial charge in [-0.15, -0.1) is 0 Å². The van der Waals surface area contributed by atoms with Crippen molar-refractivity contribution < 1.29 is 29.6 Å². The minimum atomic E-state index is -1.44. The van der Waals surface area contributed by atoms with Crippen LogP contribution in [0.15, 0.2) is 121 Å². The van der Waals surface area contributed by atoms with E-state index in [1.54, 1.807) is 37.4 Å². The minimum absolute atomic E-state index is 0.221. The number of hydrogen-bond acceptors (Lipinski definition) is 12. The summed E-state index contributed by atoms with van der Waals surface area (Å²) in [6.45, 7) is 9.41. The van der Waals surface area contributed by atoms with Crippen LogP contribution in [0.2, 0.25) is 0 Å². The van der Waals surface area contributed by atoms with E-state index in [0.717, 1.165) is 28.7 Å². The third-order valence-electron chi connectivity index (χ3n) is 10.9. The lowest BCUT2D eigenvalue weighted by atomic mass is 9.94. The Bertz CT molecular complexity index is 1910. The summed E-state index contributed by atoms with van der Waals surface area (Å²) in [5.74, 6) is 1.98. The molecule has 0 fully saturated rings. The highest BCUT2D eigenvalue weighted by Gasteiger charge is 2.46. The van der Waals surface area contributed by atoms with Gasteiger partial charge in [0.15, 0.2) is 0 Å². The van der Waals surface area contributed by atoms with E-state index in [1.165, 1.54) is 18.8 Å². The van der Waals surface area contributed by atoms with E-state index in [0.29, 0.717) is 35.2 Å². The first-order chi connectivity index (χ1) is 30.2. The van der Waals surface area contributed by atoms with Crippen LogP contribution in [0.3, 0.4) is 0 Å². The number of benzene rings is 4. The molecule has 2 amide bonds. The first-order valence-electron chi connectivity index (χ1n) is 21.6. The normalized spacial score (nSPS) is 16.9. The smallest absolute Gasteiger partial charge is 0.245 e. The van der Waals surface area contributed by atoms with Crippen LogP contribution in [0.5, 0.6) is 0 Å². The zero-order valence-electron chi connectivity index (χ0n) is 37.6. The maximum absolute atomic E-state index is 14.7. The Kier molecular flexibility index (Phi) is 22.0. The van der Waals surface area contributed by atoms with Crippen molar-refractivity contribution in [3.8, 4) is 0 Å². The number of thioether (sulfide) groups is 3. The minimum Gasteiger partial charge on any atom is -0.379 e. The van der Waals surface area contributed by atoms with Crippen LogP contribution >= 0.6 is 35.3 Å². The highest BCUT2D eigenvalue weighted by atomic mass is 32.2. The van der Waals surface area contributed by atoms with Gasteiger partial charge in [-0.25, -0.2) is 0 Å². The molecular weight excluding hydrogens is 851 g/mol. The number of amides is 2. The van der Waals surface area contributed by atoms with Crippen LogP contribution in [-0.4, -0.2) is 98.9 Å². The Morgan fingerprint density at radius 3 is 1.48 bits per heavy atom. The molecule has 0 radical (unpaired) electrons. The van der Waals surface area contributed by atoms with E-state index < -0.39 is 59.3 Å². The molecule has 4 aromatic carbocycles. The molecule has 11 nitrogen and oxygen atoms in total. The van der Waals surface area contributed by atoms with Crippen molar-refractivity contribution >= 4 is 47.1 Å². The Hall–Kier alpha value is -3.41. The SMILES string of the molecule is CCCC(O)N[C@@](C)(CSCc1ccccc1)C(O)N[C@@](C)(CSCc1ccccc1)C(O)N[C@@](C)(CSCc1ccccc1)C(=O)N[C@H](C(=O)NC)[C@@H](C)OCc1ccccc1. The molecule has 14 heteroatoms. The van der Waals surface area contributed by atoms with Crippen LogP contribution in [-0.2, 0) is 38.2 Å². The number of likely N-dealkylation sites (N-methyl/N-ethyl adjacent to an activating group) is 1. The fourth-order valence-electron chi connectivity index (χ4n) is 6.84. The van der Waals surface area contributed by atoms with Gasteiger partial charge in [0.05, 0.1) is 23.8 Å². The third kappa shape index (κ3) is 17.2. The van der Waals surface area contributed by atoms with Gasteiger partial charge >= 0.3 is 0 Å². The van der Waals surface area contributed by atoms with E-state index in [1.807, 2.05) is 130 Å². The maximum Gasteiger partial charge on any atom is 0.245 e. The van der Waals surface area contributed by atoms with Crippen molar-refractivity contribution in [2.45, 2.75) is 119 Å². The number of carbonyl (C=O) groups is 2. The lowest BCUT2D eigenvalue weighted by Crippen LogP contribution is -2.73. The van der Waals surface area contributed by atoms with Gasteiger partial charge in [-0.2, -0.15) is 35.3 Å². The van der Waals surface area contributed by atoms with Gasteiger partial charge in [-0.1, -0.05) is 135 Å². The maximum atomic E-state index is 14.7. The van der Waals surface area contributed by atoms with Crippen molar-refractivity contribution in [1.29, 1.82) is 0 Å². The van der Waals surface area contributed by atoms with Crippen LogP contribution in [0.4, 0.5) is 0 Å². The lowest BCUT2D eigenvalue weighted by Gasteiger charge is -2.46. The number of aliphatic hydroxyl groups excluding tert-OH is 3. The van der Waals surface area contributed by atoms with Crippen molar-refractivity contribution in [1.82, 2.24) is 26.6 Å². The number of aliphatic hydroxyl groups is 3. The standard InChI is InChI=1S/C49H69N5O6S3/c1-7-20-41(55)52-48(4,34-62-31-39-25-16-10-17-26-39)45(58)54-49(5,35-63-32-40-27-18-11-19-28-40)46(59)53-47(3,33-61-30-38-23-14-9-15-24-38)44(57)51-42(43(56)50-6)36(2)60-29-37-21-12-8-13-22-37/h8-19,21-28,36,41-42,45-46,52-55,58-59H,7,20,29-35H2,1-6H3,(H,50,56)(H,51,57)/t36-,41?,42+,45?,46?,47+,48+,49+/m1/s1. The molecule has 4 aromatic rings. The van der Waals surface area contributed by atoms with Gasteiger partial charge in [-0.3, -0.25) is 25.5 Å². The second-order valence-corrected chi connectivity index (χ2v) is 19.7. The Morgan fingerprint density at radius 2 is 1.03 bits per heavy atom. The van der Waals surface area contributed by atoms with Crippen LogP contribution in [0, 0.1) is 0 Å². The average molecular weight is 920 g/mol. The highest BCUT2D eigenvalue weighted by molar-refractivity contribution is 7.99. The molecule has 8 atom stereocenters. The second kappa shape index (κ2) is 26.5. The molecular formula is C49H69N5O6S3. The van der Waals surface area contributed by atoms with E-state index in [4.69, 9.17) is 4.74 Å². The summed E-state index contributed by atoms with van der Waals surface area (Å²) < 4.78 is 6.14. The molecule has 0 saturated carbocycles. The summed E-state index contributed by atoms with van der Waals surface area (Å²) >= 11 is 4.73. The highest BCUT2D eigenvalue weighted by Crippen LogP contribution is 2.28. The van der Waals surface area contributed by atoms with Crippen molar-refractivity contribution in [2.24, 2.45) is 0 Å². The summed E-state index contributed by atoms with van der Waals surface area (Å²) in [5.41, 5.74) is 0.504. The molecule has 63 heavy (non-hydrogen) atoms. The molecule has 0 saturated heterocycles. The Balaban J connectivity index is 1.64. The molecule has 0 aliphatic heterocycles. The summed E-state index contributed by atoms with van der Waals surface area (Å²) in [4.78, 5) is 28.1. The zero-order valence-corrected chi connectivity index (χ0v) is 40.0. The molecule has 0 aromatic heterocycles. The largest absolute Gasteiger partial charge is 0.379 e. The number of carbonyl (C=O) groups excluding carboxylic acids is 2. The first kappa shape index (κ1) is 52.2. The zero-order chi connectivity index (χ0) is 45.7. The van der Waals surface area contributed by atoms with Gasteiger partial charge < -0.3 is 30.7 Å². The van der Waals surface area contributed by atoms with Crippen molar-refractivity contribution in [3.05, 3.63) is 144 Å². The van der Waals surface area contributed by atoms with Crippen LogP contribution < -0.4 is 26.6 Å². The average Bonchev–Trinajstić information content (AvgIpc) is 3.28. The predicted molar refractivity (Wildman–Crippen MR) is 262 cm³/mol. The number of nitrogens with one attached hydrogen (secondary N) is 5. The van der Waals surface area contributed by atoms with Crippen LogP contribution in [0.25, 0.3) is 0 Å². The monoisotopic (exact) mass is 919 g/mol. The van der Waals surface area contributed by atoms with E-state index in [2.05, 4.69) is 38.7 Å². The summed E-state index contributed by atoms with van der Waals surface area (Å²) in [5, 5.41) is 51.5. The Morgan fingerprint density at radius 1 is 0.619 bits per heavy atom. The fourth-order valence-corrected chi connectivity index (χ4v) is 10.4. The van der Waals surface area contributed by atoms with E-state index >= 15 is 0 Å². The number of rotatable bonds is 29. The first-order valence-corrected chi connectivity index (χ1v) is 25.1. The molecule has 0 heterocycles. The van der Waals surface area contributed by atoms with Crippen molar-refractivity contribution in [2.75, 3.05) is 24.3 Å². The second-order valence-electron chi connectivity index (χ2n) is 16.7. The molecule has 0 aliphatic carbocycles. The molecule has 3 unspecified atom stereocenters. The molecule has 344 valence electrons.